The van der Waals surface area contributed by atoms with Crippen molar-refractivity contribution in [1.29, 1.82) is 0 Å². The fraction of sp³-hybridized carbons (Fsp3) is 0.688. The molecule has 1 heterocycles. The molecule has 1 aliphatic rings. The molecule has 1 aromatic rings. The van der Waals surface area contributed by atoms with Crippen LogP contribution in [0.2, 0.25) is 0 Å². The van der Waals surface area contributed by atoms with E-state index in [9.17, 15) is 0 Å². The minimum atomic E-state index is 0.716. The summed E-state index contributed by atoms with van der Waals surface area (Å²) in [7, 11) is 0. The molecule has 0 bridgehead atoms. The molecule has 1 fully saturated rings. The van der Waals surface area contributed by atoms with Crippen LogP contribution < -0.4 is 5.73 Å². The number of aromatic nitrogens is 1. The third kappa shape index (κ3) is 3.32. The fourth-order valence-electron chi connectivity index (χ4n) is 3.35. The molecule has 2 rings (SSSR count). The van der Waals surface area contributed by atoms with Gasteiger partial charge in [0.1, 0.15) is 0 Å². The molecule has 2 heteroatoms. The lowest BCUT2D eigenvalue weighted by molar-refractivity contribution is 0.151. The molecule has 0 aromatic carbocycles. The van der Waals surface area contributed by atoms with Gasteiger partial charge in [-0.1, -0.05) is 13.8 Å². The number of rotatable bonds is 4. The molecule has 3 atom stereocenters. The Hall–Kier alpha value is -0.890. The van der Waals surface area contributed by atoms with E-state index in [1.54, 1.807) is 0 Å². The first-order chi connectivity index (χ1) is 8.70. The van der Waals surface area contributed by atoms with Gasteiger partial charge < -0.3 is 5.73 Å². The molecule has 0 radical (unpaired) electrons. The van der Waals surface area contributed by atoms with Crippen molar-refractivity contribution < 1.29 is 0 Å². The molecular formula is C16H26N2. The SMILES string of the molecule is CC(C)C1CCC(CN)C(Cc2ccncc2)C1. The first kappa shape index (κ1) is 13.5. The Balaban J connectivity index is 2.02. The quantitative estimate of drug-likeness (QED) is 0.885. The summed E-state index contributed by atoms with van der Waals surface area (Å²) in [6.45, 7) is 5.56. The molecule has 1 aliphatic carbocycles. The number of pyridine rings is 1. The van der Waals surface area contributed by atoms with Crippen molar-refractivity contribution in [3.8, 4) is 0 Å². The van der Waals surface area contributed by atoms with E-state index in [4.69, 9.17) is 5.73 Å². The van der Waals surface area contributed by atoms with Gasteiger partial charge in [0.2, 0.25) is 0 Å². The van der Waals surface area contributed by atoms with Gasteiger partial charge >= 0.3 is 0 Å². The summed E-state index contributed by atoms with van der Waals surface area (Å²) in [4.78, 5) is 4.10. The predicted octanol–water partition coefficient (Wildman–Crippen LogP) is 3.27. The van der Waals surface area contributed by atoms with Crippen molar-refractivity contribution in [2.24, 2.45) is 29.4 Å². The van der Waals surface area contributed by atoms with Crippen molar-refractivity contribution in [3.63, 3.8) is 0 Å². The van der Waals surface area contributed by atoms with Gasteiger partial charge in [0.15, 0.2) is 0 Å². The second-order valence-electron chi connectivity index (χ2n) is 6.13. The zero-order valence-corrected chi connectivity index (χ0v) is 11.7. The predicted molar refractivity (Wildman–Crippen MR) is 76.2 cm³/mol. The maximum Gasteiger partial charge on any atom is 0.0270 e. The van der Waals surface area contributed by atoms with Crippen molar-refractivity contribution in [1.82, 2.24) is 4.98 Å². The smallest absolute Gasteiger partial charge is 0.0270 e. The fourth-order valence-corrected chi connectivity index (χ4v) is 3.35. The highest BCUT2D eigenvalue weighted by atomic mass is 14.6. The maximum atomic E-state index is 5.96. The van der Waals surface area contributed by atoms with Crippen molar-refractivity contribution in [2.45, 2.75) is 39.5 Å². The van der Waals surface area contributed by atoms with E-state index in [1.807, 2.05) is 12.4 Å². The second kappa shape index (κ2) is 6.33. The first-order valence-electron chi connectivity index (χ1n) is 7.29. The van der Waals surface area contributed by atoms with E-state index in [-0.39, 0.29) is 0 Å². The first-order valence-corrected chi connectivity index (χ1v) is 7.29. The van der Waals surface area contributed by atoms with Gasteiger partial charge in [-0.3, -0.25) is 4.98 Å². The molecule has 18 heavy (non-hydrogen) atoms. The van der Waals surface area contributed by atoms with Gasteiger partial charge in [0.05, 0.1) is 0 Å². The van der Waals surface area contributed by atoms with Gasteiger partial charge in [0.25, 0.3) is 0 Å². The zero-order chi connectivity index (χ0) is 13.0. The summed E-state index contributed by atoms with van der Waals surface area (Å²) in [5.41, 5.74) is 7.37. The molecule has 0 aliphatic heterocycles. The Kier molecular flexibility index (Phi) is 4.76. The standard InChI is InChI=1S/C16H26N2/c1-12(2)14-3-4-15(11-17)16(10-14)9-13-5-7-18-8-6-13/h5-8,12,14-16H,3-4,9-11,17H2,1-2H3. The van der Waals surface area contributed by atoms with Crippen LogP contribution in [0, 0.1) is 23.7 Å². The molecule has 1 aromatic heterocycles. The lowest BCUT2D eigenvalue weighted by atomic mass is 9.69. The topological polar surface area (TPSA) is 38.9 Å². The van der Waals surface area contributed by atoms with Gasteiger partial charge in [-0.15, -0.1) is 0 Å². The summed E-state index contributed by atoms with van der Waals surface area (Å²) in [6.07, 6.45) is 9.00. The minimum Gasteiger partial charge on any atom is -0.330 e. The molecule has 3 unspecified atom stereocenters. The lowest BCUT2D eigenvalue weighted by Gasteiger charge is -2.37. The number of hydrogen-bond acceptors (Lipinski definition) is 2. The Morgan fingerprint density at radius 1 is 1.22 bits per heavy atom. The highest BCUT2D eigenvalue weighted by Gasteiger charge is 2.30. The zero-order valence-electron chi connectivity index (χ0n) is 11.7. The highest BCUT2D eigenvalue weighted by Crippen LogP contribution is 2.38. The van der Waals surface area contributed by atoms with Gasteiger partial charge in [-0.25, -0.2) is 0 Å². The van der Waals surface area contributed by atoms with Crippen LogP contribution in [0.1, 0.15) is 38.7 Å². The average molecular weight is 246 g/mol. The van der Waals surface area contributed by atoms with Crippen LogP contribution in [0.3, 0.4) is 0 Å². The van der Waals surface area contributed by atoms with Crippen LogP contribution >= 0.6 is 0 Å². The molecule has 0 spiro atoms. The van der Waals surface area contributed by atoms with Crippen LogP contribution in [0.4, 0.5) is 0 Å². The van der Waals surface area contributed by atoms with Crippen LogP contribution in [0.5, 0.6) is 0 Å². The van der Waals surface area contributed by atoms with Crippen molar-refractivity contribution in [2.75, 3.05) is 6.54 Å². The summed E-state index contributed by atoms with van der Waals surface area (Å²) in [5.74, 6) is 3.18. The summed E-state index contributed by atoms with van der Waals surface area (Å²) < 4.78 is 0. The lowest BCUT2D eigenvalue weighted by Crippen LogP contribution is -2.33. The minimum absolute atomic E-state index is 0.716. The van der Waals surface area contributed by atoms with E-state index in [0.29, 0.717) is 5.92 Å². The van der Waals surface area contributed by atoms with Gasteiger partial charge in [-0.2, -0.15) is 0 Å². The van der Waals surface area contributed by atoms with Crippen LogP contribution in [0.25, 0.3) is 0 Å². The normalized spacial score (nSPS) is 28.6. The highest BCUT2D eigenvalue weighted by molar-refractivity contribution is 5.11. The molecule has 2 N–H and O–H groups in total. The van der Waals surface area contributed by atoms with Crippen molar-refractivity contribution >= 4 is 0 Å². The summed E-state index contributed by atoms with van der Waals surface area (Å²) in [6, 6.07) is 4.29. The van der Waals surface area contributed by atoms with E-state index in [0.717, 1.165) is 24.3 Å². The van der Waals surface area contributed by atoms with Crippen LogP contribution in [-0.2, 0) is 6.42 Å². The Labute approximate surface area is 111 Å². The van der Waals surface area contributed by atoms with E-state index < -0.39 is 0 Å². The monoisotopic (exact) mass is 246 g/mol. The Morgan fingerprint density at radius 3 is 2.56 bits per heavy atom. The van der Waals surface area contributed by atoms with Gasteiger partial charge in [-0.05, 0) is 73.6 Å². The molecule has 2 nitrogen and oxygen atoms in total. The van der Waals surface area contributed by atoms with E-state index in [1.165, 1.54) is 31.2 Å². The van der Waals surface area contributed by atoms with Gasteiger partial charge in [0, 0.05) is 12.4 Å². The third-order valence-corrected chi connectivity index (χ3v) is 4.67. The van der Waals surface area contributed by atoms with E-state index in [2.05, 4.69) is 31.0 Å². The second-order valence-corrected chi connectivity index (χ2v) is 6.13. The number of hydrogen-bond donors (Lipinski definition) is 1. The van der Waals surface area contributed by atoms with Crippen LogP contribution in [0.15, 0.2) is 24.5 Å². The number of nitrogens with two attached hydrogens (primary N) is 1. The average Bonchev–Trinajstić information content (AvgIpc) is 2.39. The Bertz CT molecular complexity index is 347. The van der Waals surface area contributed by atoms with Crippen molar-refractivity contribution in [3.05, 3.63) is 30.1 Å². The van der Waals surface area contributed by atoms with Crippen LogP contribution in [-0.4, -0.2) is 11.5 Å². The molecule has 1 saturated carbocycles. The van der Waals surface area contributed by atoms with E-state index >= 15 is 0 Å². The number of nitrogens with zero attached hydrogens (tertiary/aromatic N) is 1. The molecule has 0 saturated heterocycles. The maximum absolute atomic E-state index is 5.96. The summed E-state index contributed by atoms with van der Waals surface area (Å²) in [5, 5.41) is 0. The third-order valence-electron chi connectivity index (χ3n) is 4.67. The molecule has 0 amide bonds. The molecule has 100 valence electrons. The summed E-state index contributed by atoms with van der Waals surface area (Å²) >= 11 is 0. The Morgan fingerprint density at radius 2 is 1.94 bits per heavy atom. The molecular weight excluding hydrogens is 220 g/mol. The largest absolute Gasteiger partial charge is 0.330 e.